The zero-order valence-corrected chi connectivity index (χ0v) is 35.8. The highest BCUT2D eigenvalue weighted by Crippen LogP contribution is 2.35. The van der Waals surface area contributed by atoms with Crippen molar-refractivity contribution in [2.24, 2.45) is 29.6 Å². The van der Waals surface area contributed by atoms with Crippen LogP contribution in [0.1, 0.15) is 112 Å². The van der Waals surface area contributed by atoms with Gasteiger partial charge in [-0.05, 0) is 95.5 Å². The van der Waals surface area contributed by atoms with Gasteiger partial charge in [-0.2, -0.15) is 0 Å². The number of rotatable bonds is 6. The fourth-order valence-corrected chi connectivity index (χ4v) is 9.62. The molecule has 2 bridgehead atoms. The maximum Gasteiger partial charge on any atom is 0.329 e. The predicted molar refractivity (Wildman–Crippen MR) is 213 cm³/mol. The Bertz CT molecular complexity index is 1450. The number of nitrogens with zero attached hydrogens (tertiary/aromatic N) is 1. The van der Waals surface area contributed by atoms with Gasteiger partial charge in [0, 0.05) is 52.0 Å². The van der Waals surface area contributed by atoms with E-state index in [1.165, 1.54) is 12.0 Å². The summed E-state index contributed by atoms with van der Waals surface area (Å²) in [6.07, 6.45) is 4.06. The molecule has 4 rings (SSSR count). The summed E-state index contributed by atoms with van der Waals surface area (Å²) in [5.74, 6) is -4.30. The number of ether oxygens (including phenoxy) is 5. The van der Waals surface area contributed by atoms with Gasteiger partial charge in [-0.1, -0.05) is 45.4 Å². The number of piperidine rings is 1. The summed E-state index contributed by atoms with van der Waals surface area (Å²) in [6.45, 7) is 10.7. The minimum atomic E-state index is -2.58. The van der Waals surface area contributed by atoms with E-state index in [9.17, 15) is 34.5 Å². The first-order valence-electron chi connectivity index (χ1n) is 21.2. The fourth-order valence-electron chi connectivity index (χ4n) is 9.62. The molecule has 3 fully saturated rings. The summed E-state index contributed by atoms with van der Waals surface area (Å²) in [6, 6.07) is -1.12. The van der Waals surface area contributed by atoms with E-state index in [2.05, 4.69) is 6.92 Å². The molecular formula is C44H71NO12. The number of Topliss-reactive ketones (excluding diaryl/α,β-unsaturated/α-hetero) is 2. The molecular weight excluding hydrogens is 734 g/mol. The number of ketones is 2. The Morgan fingerprint density at radius 1 is 0.912 bits per heavy atom. The predicted octanol–water partition coefficient (Wildman–Crippen LogP) is 4.52. The molecule has 324 valence electrons. The average Bonchev–Trinajstić information content (AvgIpc) is 3.19. The van der Waals surface area contributed by atoms with Gasteiger partial charge in [-0.3, -0.25) is 14.4 Å². The van der Waals surface area contributed by atoms with Gasteiger partial charge in [0.25, 0.3) is 5.91 Å². The van der Waals surface area contributed by atoms with Crippen LogP contribution in [0.15, 0.2) is 23.3 Å². The van der Waals surface area contributed by atoms with Crippen LogP contribution in [-0.4, -0.2) is 133 Å². The Labute approximate surface area is 339 Å². The molecule has 1 amide bonds. The van der Waals surface area contributed by atoms with Crippen LogP contribution in [0.5, 0.6) is 0 Å². The first-order valence-corrected chi connectivity index (χ1v) is 21.2. The molecule has 0 aromatic carbocycles. The van der Waals surface area contributed by atoms with Crippen molar-refractivity contribution in [2.45, 2.75) is 167 Å². The van der Waals surface area contributed by atoms with Crippen LogP contribution < -0.4 is 0 Å². The molecule has 57 heavy (non-hydrogen) atoms. The van der Waals surface area contributed by atoms with Crippen molar-refractivity contribution in [3.05, 3.63) is 23.3 Å². The lowest BCUT2D eigenvalue weighted by molar-refractivity contribution is -0.195. The van der Waals surface area contributed by atoms with Gasteiger partial charge in [-0.15, -0.1) is 0 Å². The summed E-state index contributed by atoms with van der Waals surface area (Å²) in [7, 11) is 4.68. The third kappa shape index (κ3) is 11.4. The van der Waals surface area contributed by atoms with E-state index in [0.29, 0.717) is 56.9 Å². The molecule has 0 radical (unpaired) electrons. The van der Waals surface area contributed by atoms with Gasteiger partial charge in [-0.25, -0.2) is 4.79 Å². The summed E-state index contributed by atoms with van der Waals surface area (Å²) < 4.78 is 30.0. The zero-order valence-electron chi connectivity index (χ0n) is 35.8. The van der Waals surface area contributed by atoms with Crippen molar-refractivity contribution < 1.29 is 58.2 Å². The van der Waals surface area contributed by atoms with Crippen LogP contribution in [0.3, 0.4) is 0 Å². The lowest BCUT2D eigenvalue weighted by Gasteiger charge is -2.43. The number of methoxy groups -OCH3 is 3. The number of amides is 1. The number of allylic oxidation sites excluding steroid dienone is 3. The maximum absolute atomic E-state index is 14.6. The van der Waals surface area contributed by atoms with Crippen LogP contribution >= 0.6 is 0 Å². The molecule has 1 saturated carbocycles. The van der Waals surface area contributed by atoms with Gasteiger partial charge in [0.2, 0.25) is 5.60 Å². The molecule has 0 spiro atoms. The van der Waals surface area contributed by atoms with E-state index < -0.39 is 90.3 Å². The van der Waals surface area contributed by atoms with E-state index >= 15 is 0 Å². The van der Waals surface area contributed by atoms with E-state index in [1.807, 2.05) is 32.9 Å². The lowest BCUT2D eigenvalue weighted by Crippen LogP contribution is -2.64. The highest BCUT2D eigenvalue weighted by Gasteiger charge is 2.54. The smallest absolute Gasteiger partial charge is 0.329 e. The highest BCUT2D eigenvalue weighted by atomic mass is 16.6. The van der Waals surface area contributed by atoms with Crippen LogP contribution in [0.25, 0.3) is 0 Å². The van der Waals surface area contributed by atoms with Gasteiger partial charge < -0.3 is 43.9 Å². The van der Waals surface area contributed by atoms with Crippen molar-refractivity contribution in [3.8, 4) is 0 Å². The minimum Gasteiger partial charge on any atom is -0.456 e. The molecule has 0 aromatic rings. The van der Waals surface area contributed by atoms with Crippen LogP contribution in [-0.2, 0) is 42.9 Å². The van der Waals surface area contributed by atoms with Crippen molar-refractivity contribution in [1.82, 2.24) is 4.90 Å². The number of aliphatic hydroxyl groups is 3. The Morgan fingerprint density at radius 3 is 2.23 bits per heavy atom. The van der Waals surface area contributed by atoms with Crippen molar-refractivity contribution >= 4 is 23.4 Å². The number of hydrogen-bond acceptors (Lipinski definition) is 12. The van der Waals surface area contributed by atoms with Crippen LogP contribution in [0.2, 0.25) is 0 Å². The molecule has 4 aliphatic rings. The molecule has 2 saturated heterocycles. The number of hydrogen-bond donors (Lipinski definition) is 3. The van der Waals surface area contributed by atoms with E-state index in [-0.39, 0.29) is 49.5 Å². The number of aliphatic hydroxyl groups excluding tert-OH is 2. The van der Waals surface area contributed by atoms with E-state index in [0.717, 1.165) is 5.57 Å². The molecule has 0 aromatic heterocycles. The minimum absolute atomic E-state index is 0.00158. The normalized spacial score (nSPS) is 41.3. The molecule has 14 atom stereocenters. The quantitative estimate of drug-likeness (QED) is 0.195. The van der Waals surface area contributed by atoms with Gasteiger partial charge >= 0.3 is 5.97 Å². The second-order valence-corrected chi connectivity index (χ2v) is 17.5. The average molecular weight is 806 g/mol. The largest absolute Gasteiger partial charge is 0.456 e. The topological polar surface area (TPSA) is 178 Å². The van der Waals surface area contributed by atoms with E-state index in [4.69, 9.17) is 23.7 Å². The Hall–Kier alpha value is -2.52. The van der Waals surface area contributed by atoms with Gasteiger partial charge in [0.1, 0.15) is 24.0 Å². The molecule has 13 nitrogen and oxygen atoms in total. The van der Waals surface area contributed by atoms with E-state index in [1.54, 1.807) is 28.1 Å². The monoisotopic (exact) mass is 805 g/mol. The van der Waals surface area contributed by atoms with Crippen LogP contribution in [0.4, 0.5) is 0 Å². The Morgan fingerprint density at radius 2 is 1.58 bits per heavy atom. The summed E-state index contributed by atoms with van der Waals surface area (Å²) in [4.78, 5) is 58.1. The standard InChI is InChI=1S/C44H71NO12/c1-10-31-18-25(2)17-26(3)19-37(54-8)40-38(55-9)21-28(5)41(49)44(52,24-56-40)43(51)45-16-12-11-13-32(45)42(50)57-39(29(6)34(47)23-35(31)48)27(4)20-30-14-15-33(46)36(22-30)53-7/h18,20,26,28-34,36-40,46-47,52H,10-17,19,21-24H2,1-9H3/b25-18-,27-20+/t26-,28+,29+,30-,31+,32-,33+,34-,36+,37-,38-,39+,40+,44-/m0/s1. The highest BCUT2D eigenvalue weighted by molar-refractivity contribution is 6.11. The molecule has 3 N–H and O–H groups in total. The first-order chi connectivity index (χ1) is 27.0. The first kappa shape index (κ1) is 47.2. The molecule has 1 aliphatic carbocycles. The lowest BCUT2D eigenvalue weighted by atomic mass is 9.81. The second-order valence-electron chi connectivity index (χ2n) is 17.5. The summed E-state index contributed by atoms with van der Waals surface area (Å²) in [5, 5.41) is 34.3. The second kappa shape index (κ2) is 21.1. The molecule has 3 heterocycles. The maximum atomic E-state index is 14.6. The molecule has 0 unspecified atom stereocenters. The molecule has 3 aliphatic heterocycles. The fraction of sp³-hybridized carbons (Fsp3) is 0.818. The Kier molecular flexibility index (Phi) is 17.5. The van der Waals surface area contributed by atoms with Crippen molar-refractivity contribution in [3.63, 3.8) is 0 Å². The van der Waals surface area contributed by atoms with Crippen LogP contribution in [0, 0.1) is 29.6 Å². The van der Waals surface area contributed by atoms with Crippen molar-refractivity contribution in [2.75, 3.05) is 34.5 Å². The zero-order chi connectivity index (χ0) is 42.2. The SMILES string of the molecule is CC[C@@H]1/C=C(/C)C[C@H](C)C[C@H](OC)[C@H]2OC[C@](O)(C(=O)[C@H](C)C[C@@H]2OC)C(=O)N2CCCC[C@H]2C(=O)O[C@H](/C(C)=C/[C@@H]2CC[C@@H](O)[C@H](OC)C2)[C@H](C)[C@@H](O)CC1=O. The molecule has 13 heteroatoms. The Balaban J connectivity index is 1.79. The summed E-state index contributed by atoms with van der Waals surface area (Å²) >= 11 is 0. The number of esters is 1. The number of carbonyl (C=O) groups excluding carboxylic acids is 4. The number of carbonyl (C=O) groups is 4. The third-order valence-electron chi connectivity index (χ3n) is 13.1. The van der Waals surface area contributed by atoms with Gasteiger partial charge in [0.15, 0.2) is 5.78 Å². The third-order valence-corrected chi connectivity index (χ3v) is 13.1. The number of fused-ring (bicyclic) bond motifs is 4. The summed E-state index contributed by atoms with van der Waals surface area (Å²) in [5.41, 5.74) is -0.891. The van der Waals surface area contributed by atoms with Crippen molar-refractivity contribution in [1.29, 1.82) is 0 Å². The van der Waals surface area contributed by atoms with Gasteiger partial charge in [0.05, 0.1) is 37.1 Å². The number of cyclic esters (lactones) is 1.